The summed E-state index contributed by atoms with van der Waals surface area (Å²) in [6.07, 6.45) is -0.0136. The van der Waals surface area contributed by atoms with Crippen LogP contribution in [0.5, 0.6) is 0 Å². The molecule has 1 amide bonds. The molecule has 9 heteroatoms. The Morgan fingerprint density at radius 1 is 1.26 bits per heavy atom. The van der Waals surface area contributed by atoms with Crippen LogP contribution in [0.25, 0.3) is 5.65 Å². The van der Waals surface area contributed by atoms with E-state index in [1.165, 1.54) is 0 Å². The molecule has 1 aliphatic rings. The van der Waals surface area contributed by atoms with Crippen LogP contribution in [0.4, 0.5) is 19.0 Å². The Labute approximate surface area is 130 Å². The molecule has 0 aliphatic carbocycles. The molecular weight excluding hydrogens is 311 g/mol. The van der Waals surface area contributed by atoms with Crippen LogP contribution in [0.1, 0.15) is 12.8 Å². The number of carbonyl (C=O) groups is 1. The number of rotatable bonds is 3. The average molecular weight is 327 g/mol. The summed E-state index contributed by atoms with van der Waals surface area (Å²) in [4.78, 5) is 18.1. The lowest BCUT2D eigenvalue weighted by Gasteiger charge is -2.32. The summed E-state index contributed by atoms with van der Waals surface area (Å²) in [5, 5.41) is 6.18. The van der Waals surface area contributed by atoms with Crippen LogP contribution in [-0.4, -0.2) is 46.3 Å². The molecule has 2 aromatic heterocycles. The highest BCUT2D eigenvalue weighted by Crippen LogP contribution is 2.23. The van der Waals surface area contributed by atoms with Crippen LogP contribution in [0.2, 0.25) is 0 Å². The van der Waals surface area contributed by atoms with Gasteiger partial charge in [0, 0.05) is 31.3 Å². The number of halogens is 3. The van der Waals surface area contributed by atoms with E-state index in [0.29, 0.717) is 25.9 Å². The molecule has 0 radical (unpaired) electrons. The molecule has 0 saturated carbocycles. The predicted molar refractivity (Wildman–Crippen MR) is 77.0 cm³/mol. The number of hydrogen-bond donors (Lipinski definition) is 1. The summed E-state index contributed by atoms with van der Waals surface area (Å²) in [5.41, 5.74) is 0.729. The van der Waals surface area contributed by atoms with Gasteiger partial charge in [-0.3, -0.25) is 4.79 Å². The number of carbonyl (C=O) groups excluding carboxylic acids is 1. The zero-order chi connectivity index (χ0) is 16.4. The molecule has 0 atom stereocenters. The van der Waals surface area contributed by atoms with Gasteiger partial charge in [-0.25, -0.2) is 4.98 Å². The topological polar surface area (TPSA) is 62.5 Å². The van der Waals surface area contributed by atoms with Gasteiger partial charge in [0.2, 0.25) is 5.91 Å². The van der Waals surface area contributed by atoms with Gasteiger partial charge in [-0.15, -0.1) is 0 Å². The fraction of sp³-hybridized carbons (Fsp3) is 0.500. The second-order valence-corrected chi connectivity index (χ2v) is 5.50. The van der Waals surface area contributed by atoms with Crippen molar-refractivity contribution in [3.63, 3.8) is 0 Å². The Hall–Kier alpha value is -2.32. The van der Waals surface area contributed by atoms with Crippen molar-refractivity contribution in [3.05, 3.63) is 24.5 Å². The number of amides is 1. The van der Waals surface area contributed by atoms with Crippen molar-refractivity contribution in [2.24, 2.45) is 5.92 Å². The summed E-state index contributed by atoms with van der Waals surface area (Å²) in [7, 11) is 0. The maximum atomic E-state index is 12.1. The number of piperidine rings is 1. The van der Waals surface area contributed by atoms with Gasteiger partial charge in [0.25, 0.3) is 0 Å². The van der Waals surface area contributed by atoms with E-state index in [2.05, 4.69) is 15.0 Å². The van der Waals surface area contributed by atoms with Crippen molar-refractivity contribution < 1.29 is 18.0 Å². The van der Waals surface area contributed by atoms with Crippen molar-refractivity contribution in [3.8, 4) is 0 Å². The second-order valence-electron chi connectivity index (χ2n) is 5.50. The highest BCUT2D eigenvalue weighted by molar-refractivity contribution is 5.79. The van der Waals surface area contributed by atoms with Gasteiger partial charge in [-0.2, -0.15) is 22.8 Å². The van der Waals surface area contributed by atoms with Crippen molar-refractivity contribution >= 4 is 17.4 Å². The van der Waals surface area contributed by atoms with Crippen LogP contribution in [0.3, 0.4) is 0 Å². The van der Waals surface area contributed by atoms with E-state index in [-0.39, 0.29) is 5.92 Å². The van der Waals surface area contributed by atoms with E-state index in [0.717, 1.165) is 11.5 Å². The van der Waals surface area contributed by atoms with Crippen LogP contribution in [0.15, 0.2) is 24.5 Å². The Balaban J connectivity index is 1.60. The third kappa shape index (κ3) is 3.54. The first-order chi connectivity index (χ1) is 10.9. The number of fused-ring (bicyclic) bond motifs is 1. The molecule has 0 bridgehead atoms. The van der Waals surface area contributed by atoms with Crippen LogP contribution >= 0.6 is 0 Å². The van der Waals surface area contributed by atoms with E-state index >= 15 is 0 Å². The number of hydrogen-bond acceptors (Lipinski definition) is 4. The minimum atomic E-state index is -4.38. The molecular formula is C14H16F3N5O. The lowest BCUT2D eigenvalue weighted by atomic mass is 9.96. The smallest absolute Gasteiger partial charge is 0.356 e. The number of aromatic nitrogens is 3. The summed E-state index contributed by atoms with van der Waals surface area (Å²) in [5.74, 6) is -0.0429. The molecule has 1 fully saturated rings. The molecule has 1 saturated heterocycles. The molecule has 1 aliphatic heterocycles. The summed E-state index contributed by atoms with van der Waals surface area (Å²) in [6.45, 7) is -0.101. The molecule has 3 rings (SSSR count). The van der Waals surface area contributed by atoms with Crippen molar-refractivity contribution in [1.82, 2.24) is 19.9 Å². The average Bonchev–Trinajstić information content (AvgIpc) is 3.00. The zero-order valence-electron chi connectivity index (χ0n) is 12.3. The summed E-state index contributed by atoms with van der Waals surface area (Å²) < 4.78 is 38.1. The Kier molecular flexibility index (Phi) is 4.10. The van der Waals surface area contributed by atoms with E-state index in [4.69, 9.17) is 0 Å². The Morgan fingerprint density at radius 2 is 2.00 bits per heavy atom. The molecule has 0 spiro atoms. The van der Waals surface area contributed by atoms with Gasteiger partial charge in [0.1, 0.15) is 12.4 Å². The van der Waals surface area contributed by atoms with E-state index < -0.39 is 18.6 Å². The lowest BCUT2D eigenvalue weighted by molar-refractivity contribution is -0.141. The minimum Gasteiger partial charge on any atom is -0.356 e. The first-order valence-corrected chi connectivity index (χ1v) is 7.32. The monoisotopic (exact) mass is 327 g/mol. The first-order valence-electron chi connectivity index (χ1n) is 7.32. The van der Waals surface area contributed by atoms with Crippen LogP contribution in [0, 0.1) is 5.92 Å². The summed E-state index contributed by atoms with van der Waals surface area (Å²) >= 11 is 0. The third-order valence-electron chi connectivity index (χ3n) is 3.92. The van der Waals surface area contributed by atoms with Crippen LogP contribution < -0.4 is 10.2 Å². The fourth-order valence-electron chi connectivity index (χ4n) is 2.76. The van der Waals surface area contributed by atoms with Gasteiger partial charge in [-0.05, 0) is 18.9 Å². The van der Waals surface area contributed by atoms with Gasteiger partial charge in [-0.1, -0.05) is 0 Å². The van der Waals surface area contributed by atoms with Crippen molar-refractivity contribution in [1.29, 1.82) is 0 Å². The molecule has 0 aromatic carbocycles. The SMILES string of the molecule is O=C(NCC(F)(F)F)C1CCN(c2ccnc3ccnn23)CC1. The Bertz CT molecular complexity index is 691. The molecule has 6 nitrogen and oxygen atoms in total. The molecule has 2 aromatic rings. The largest absolute Gasteiger partial charge is 0.405 e. The quantitative estimate of drug-likeness (QED) is 0.931. The van der Waals surface area contributed by atoms with Crippen LogP contribution in [-0.2, 0) is 4.79 Å². The normalized spacial score (nSPS) is 16.7. The van der Waals surface area contributed by atoms with E-state index in [1.54, 1.807) is 23.0 Å². The minimum absolute atomic E-state index is 0.386. The van der Waals surface area contributed by atoms with Gasteiger partial charge in [0.15, 0.2) is 5.65 Å². The fourth-order valence-corrected chi connectivity index (χ4v) is 2.76. The van der Waals surface area contributed by atoms with Crippen molar-refractivity contribution in [2.75, 3.05) is 24.5 Å². The molecule has 0 unspecified atom stereocenters. The van der Waals surface area contributed by atoms with Gasteiger partial charge in [0.05, 0.1) is 6.20 Å². The second kappa shape index (κ2) is 6.05. The maximum Gasteiger partial charge on any atom is 0.405 e. The Morgan fingerprint density at radius 3 is 2.70 bits per heavy atom. The maximum absolute atomic E-state index is 12.1. The highest BCUT2D eigenvalue weighted by atomic mass is 19.4. The predicted octanol–water partition coefficient (Wildman–Crippen LogP) is 1.62. The van der Waals surface area contributed by atoms with E-state index in [9.17, 15) is 18.0 Å². The summed E-state index contributed by atoms with van der Waals surface area (Å²) in [6, 6.07) is 3.63. The lowest BCUT2D eigenvalue weighted by Crippen LogP contribution is -2.43. The molecule has 3 heterocycles. The van der Waals surface area contributed by atoms with Crippen molar-refractivity contribution in [2.45, 2.75) is 19.0 Å². The molecule has 23 heavy (non-hydrogen) atoms. The zero-order valence-corrected chi connectivity index (χ0v) is 12.3. The highest BCUT2D eigenvalue weighted by Gasteiger charge is 2.31. The van der Waals surface area contributed by atoms with E-state index in [1.807, 2.05) is 11.4 Å². The van der Waals surface area contributed by atoms with Gasteiger partial charge < -0.3 is 10.2 Å². The number of nitrogens with one attached hydrogen (secondary N) is 1. The molecule has 1 N–H and O–H groups in total. The number of nitrogens with zero attached hydrogens (tertiary/aromatic N) is 4. The third-order valence-corrected chi connectivity index (χ3v) is 3.92. The molecule has 124 valence electrons. The van der Waals surface area contributed by atoms with Gasteiger partial charge >= 0.3 is 6.18 Å². The number of alkyl halides is 3. The standard InChI is InChI=1S/C14H16F3N5O/c15-14(16,17)9-19-13(23)10-3-7-21(8-4-10)12-2-5-18-11-1-6-20-22(11)12/h1-2,5-6,10H,3-4,7-9H2,(H,19,23). The first kappa shape index (κ1) is 15.6. The number of anilines is 1.